The molecular formula is C7H9N3O4. The average Bonchev–Trinajstić information content (AvgIpc) is 2.17. The smallest absolute Gasteiger partial charge is 0.329 e. The monoisotopic (exact) mass is 199 g/mol. The van der Waals surface area contributed by atoms with Gasteiger partial charge in [0.15, 0.2) is 0 Å². The van der Waals surface area contributed by atoms with E-state index in [0.717, 1.165) is 6.08 Å². The molecule has 0 saturated heterocycles. The van der Waals surface area contributed by atoms with Crippen molar-refractivity contribution in [3.63, 3.8) is 0 Å². The summed E-state index contributed by atoms with van der Waals surface area (Å²) < 4.78 is 0. The molecule has 1 aliphatic rings. The van der Waals surface area contributed by atoms with Gasteiger partial charge in [0.2, 0.25) is 5.91 Å². The first-order chi connectivity index (χ1) is 6.54. The topological polar surface area (TPSA) is 118 Å². The van der Waals surface area contributed by atoms with E-state index < -0.39 is 22.4 Å². The molecule has 14 heavy (non-hydrogen) atoms. The molecule has 0 heterocycles. The molecule has 0 aromatic rings. The molecule has 7 nitrogen and oxygen atoms in total. The minimum atomic E-state index is -2.05. The zero-order valence-corrected chi connectivity index (χ0v) is 7.08. The van der Waals surface area contributed by atoms with Gasteiger partial charge in [-0.3, -0.25) is 14.9 Å². The highest BCUT2D eigenvalue weighted by molar-refractivity contribution is 5.80. The second kappa shape index (κ2) is 3.56. The van der Waals surface area contributed by atoms with Crippen LogP contribution in [0.1, 0.15) is 0 Å². The summed E-state index contributed by atoms with van der Waals surface area (Å²) in [7, 11) is 0. The highest BCUT2D eigenvalue weighted by Gasteiger charge is 2.51. The molecule has 1 amide bonds. The van der Waals surface area contributed by atoms with Crippen molar-refractivity contribution >= 4 is 5.91 Å². The van der Waals surface area contributed by atoms with Crippen LogP contribution in [0.25, 0.3) is 0 Å². The largest absolute Gasteiger partial charge is 0.369 e. The fraction of sp³-hybridized carbons (Fsp3) is 0.286. The molecule has 0 bridgehead atoms. The molecule has 2 atom stereocenters. The first-order valence-electron chi connectivity index (χ1n) is 3.75. The number of carbonyl (C=O) groups excluding carboxylic acids is 1. The fourth-order valence-electron chi connectivity index (χ4n) is 1.26. The van der Waals surface area contributed by atoms with Crippen LogP contribution in [0, 0.1) is 16.0 Å². The molecule has 0 aromatic carbocycles. The number of nitrogens with zero attached hydrogens (tertiary/aromatic N) is 1. The highest BCUT2D eigenvalue weighted by Crippen LogP contribution is 2.24. The Morgan fingerprint density at radius 1 is 1.64 bits per heavy atom. The third kappa shape index (κ3) is 1.38. The van der Waals surface area contributed by atoms with E-state index in [1.807, 2.05) is 0 Å². The molecule has 0 spiro atoms. The third-order valence-corrected chi connectivity index (χ3v) is 2.03. The molecule has 1 rings (SSSR count). The standard InChI is InChI=1S/C7H9N3O4/c8-6(11)5-3-1-2-4-7(5,9-12)10(13)14/h1-5,9,12H,(H2,8,11). The van der Waals surface area contributed by atoms with Gasteiger partial charge in [-0.25, -0.2) is 0 Å². The molecule has 76 valence electrons. The number of nitrogens with one attached hydrogen (secondary N) is 1. The van der Waals surface area contributed by atoms with Crippen molar-refractivity contribution in [3.05, 3.63) is 34.4 Å². The molecule has 0 aromatic heterocycles. The zero-order valence-electron chi connectivity index (χ0n) is 7.08. The Balaban J connectivity index is 3.15. The maximum Gasteiger partial charge on any atom is 0.329 e. The van der Waals surface area contributed by atoms with Crippen molar-refractivity contribution in [2.45, 2.75) is 5.66 Å². The molecule has 0 radical (unpaired) electrons. The number of hydrogen-bond acceptors (Lipinski definition) is 5. The van der Waals surface area contributed by atoms with Gasteiger partial charge in [0.25, 0.3) is 0 Å². The van der Waals surface area contributed by atoms with Crippen LogP contribution in [0.2, 0.25) is 0 Å². The molecule has 0 saturated carbocycles. The van der Waals surface area contributed by atoms with E-state index in [9.17, 15) is 14.9 Å². The van der Waals surface area contributed by atoms with Crippen molar-refractivity contribution in [1.82, 2.24) is 5.48 Å². The first kappa shape index (κ1) is 10.4. The Labute approximate surface area is 79.0 Å². The summed E-state index contributed by atoms with van der Waals surface area (Å²) in [5, 5.41) is 19.5. The predicted octanol–water partition coefficient (Wildman–Crippen LogP) is -0.834. The van der Waals surface area contributed by atoms with E-state index in [0.29, 0.717) is 0 Å². The predicted molar refractivity (Wildman–Crippen MR) is 45.6 cm³/mol. The van der Waals surface area contributed by atoms with E-state index in [-0.39, 0.29) is 0 Å². The van der Waals surface area contributed by atoms with Crippen LogP contribution < -0.4 is 11.2 Å². The lowest BCUT2D eigenvalue weighted by Gasteiger charge is -2.26. The average molecular weight is 199 g/mol. The summed E-state index contributed by atoms with van der Waals surface area (Å²) in [6.07, 6.45) is 5.14. The normalized spacial score (nSPS) is 30.2. The maximum atomic E-state index is 10.9. The lowest BCUT2D eigenvalue weighted by atomic mass is 9.89. The van der Waals surface area contributed by atoms with Gasteiger partial charge in [-0.15, -0.1) is 5.48 Å². The van der Waals surface area contributed by atoms with Gasteiger partial charge in [-0.2, -0.15) is 0 Å². The number of allylic oxidation sites excluding steroid dienone is 2. The quantitative estimate of drug-likeness (QED) is 0.311. The van der Waals surface area contributed by atoms with Crippen LogP contribution in [0.15, 0.2) is 24.3 Å². The summed E-state index contributed by atoms with van der Waals surface area (Å²) >= 11 is 0. The van der Waals surface area contributed by atoms with Gasteiger partial charge < -0.3 is 10.9 Å². The van der Waals surface area contributed by atoms with Crippen LogP contribution >= 0.6 is 0 Å². The third-order valence-electron chi connectivity index (χ3n) is 2.03. The lowest BCUT2D eigenvalue weighted by Crippen LogP contribution is -2.58. The number of hydrogen-bond donors (Lipinski definition) is 3. The maximum absolute atomic E-state index is 10.9. The van der Waals surface area contributed by atoms with Crippen molar-refractivity contribution in [2.75, 3.05) is 0 Å². The Morgan fingerprint density at radius 3 is 2.64 bits per heavy atom. The van der Waals surface area contributed by atoms with Gasteiger partial charge in [0.05, 0.1) is 4.92 Å². The molecule has 0 fully saturated rings. The zero-order chi connectivity index (χ0) is 10.8. The van der Waals surface area contributed by atoms with E-state index in [4.69, 9.17) is 10.9 Å². The SMILES string of the molecule is NC(=O)C1C=CC=CC1(NO)[N+](=O)[O-]. The van der Waals surface area contributed by atoms with Crippen molar-refractivity contribution in [1.29, 1.82) is 0 Å². The van der Waals surface area contributed by atoms with Crippen LogP contribution in [0.5, 0.6) is 0 Å². The molecular weight excluding hydrogens is 190 g/mol. The number of carbonyl (C=O) groups is 1. The van der Waals surface area contributed by atoms with Crippen LogP contribution in [0.4, 0.5) is 0 Å². The molecule has 7 heteroatoms. The number of rotatable bonds is 3. The van der Waals surface area contributed by atoms with Crippen molar-refractivity contribution in [3.8, 4) is 0 Å². The van der Waals surface area contributed by atoms with Crippen LogP contribution in [-0.4, -0.2) is 21.7 Å². The minimum Gasteiger partial charge on any atom is -0.369 e. The number of nitro groups is 1. The number of nitrogens with two attached hydrogens (primary N) is 1. The van der Waals surface area contributed by atoms with E-state index in [1.54, 1.807) is 0 Å². The van der Waals surface area contributed by atoms with Gasteiger partial charge in [0, 0.05) is 6.08 Å². The van der Waals surface area contributed by atoms with Gasteiger partial charge in [-0.05, 0) is 0 Å². The molecule has 1 aliphatic carbocycles. The molecule has 2 unspecified atom stereocenters. The molecule has 0 aliphatic heterocycles. The second-order valence-corrected chi connectivity index (χ2v) is 2.82. The van der Waals surface area contributed by atoms with Gasteiger partial charge in [0.1, 0.15) is 5.92 Å². The first-order valence-corrected chi connectivity index (χ1v) is 3.75. The number of amides is 1. The summed E-state index contributed by atoms with van der Waals surface area (Å²) in [4.78, 5) is 20.8. The second-order valence-electron chi connectivity index (χ2n) is 2.82. The molecule has 4 N–H and O–H groups in total. The van der Waals surface area contributed by atoms with Gasteiger partial charge in [-0.1, -0.05) is 18.2 Å². The lowest BCUT2D eigenvalue weighted by molar-refractivity contribution is -0.579. The van der Waals surface area contributed by atoms with Crippen molar-refractivity contribution in [2.24, 2.45) is 11.7 Å². The van der Waals surface area contributed by atoms with Gasteiger partial charge >= 0.3 is 5.66 Å². The summed E-state index contributed by atoms with van der Waals surface area (Å²) in [6, 6.07) is 0. The van der Waals surface area contributed by atoms with E-state index >= 15 is 0 Å². The summed E-state index contributed by atoms with van der Waals surface area (Å²) in [5.74, 6) is -2.10. The Hall–Kier alpha value is -1.73. The Kier molecular flexibility index (Phi) is 2.63. The summed E-state index contributed by atoms with van der Waals surface area (Å²) in [5.41, 5.74) is 4.43. The number of primary amides is 1. The van der Waals surface area contributed by atoms with Crippen molar-refractivity contribution < 1.29 is 14.9 Å². The van der Waals surface area contributed by atoms with E-state index in [2.05, 4.69) is 0 Å². The van der Waals surface area contributed by atoms with E-state index in [1.165, 1.54) is 23.7 Å². The Morgan fingerprint density at radius 2 is 2.29 bits per heavy atom. The highest BCUT2D eigenvalue weighted by atomic mass is 16.6. The van der Waals surface area contributed by atoms with Crippen LogP contribution in [0.3, 0.4) is 0 Å². The fourth-order valence-corrected chi connectivity index (χ4v) is 1.26. The summed E-state index contributed by atoms with van der Waals surface area (Å²) in [6.45, 7) is 0. The number of hydroxylamine groups is 1. The Bertz CT molecular complexity index is 325. The minimum absolute atomic E-state index is 0.803. The van der Waals surface area contributed by atoms with Crippen LogP contribution in [-0.2, 0) is 4.79 Å².